The number of nitrogens with zero attached hydrogens (tertiary/aromatic N) is 3. The maximum Gasteiger partial charge on any atom is 0.270 e. The van der Waals surface area contributed by atoms with Gasteiger partial charge in [0.25, 0.3) is 5.91 Å². The Kier molecular flexibility index (Phi) is 6.65. The molecule has 0 aliphatic carbocycles. The van der Waals surface area contributed by atoms with Crippen molar-refractivity contribution in [3.05, 3.63) is 41.3 Å². The van der Waals surface area contributed by atoms with Crippen molar-refractivity contribution in [2.45, 2.75) is 13.3 Å². The van der Waals surface area contributed by atoms with E-state index in [1.807, 2.05) is 18.2 Å². The Labute approximate surface area is 164 Å². The fourth-order valence-corrected chi connectivity index (χ4v) is 3.07. The maximum atomic E-state index is 12.6. The summed E-state index contributed by atoms with van der Waals surface area (Å²) in [7, 11) is 3.21. The second kappa shape index (κ2) is 9.36. The Hall–Kier alpha value is -2.87. The number of rotatable bonds is 7. The van der Waals surface area contributed by atoms with Crippen molar-refractivity contribution in [3.63, 3.8) is 0 Å². The Morgan fingerprint density at radius 2 is 1.89 bits per heavy atom. The topological polar surface area (TPSA) is 85.8 Å². The predicted octanol–water partition coefficient (Wildman–Crippen LogP) is 1.61. The molecule has 8 heteroatoms. The van der Waals surface area contributed by atoms with Crippen LogP contribution in [-0.4, -0.2) is 62.9 Å². The van der Waals surface area contributed by atoms with E-state index in [-0.39, 0.29) is 5.91 Å². The Balaban J connectivity index is 1.61. The third kappa shape index (κ3) is 4.89. The molecule has 3 rings (SSSR count). The van der Waals surface area contributed by atoms with Gasteiger partial charge < -0.3 is 24.4 Å². The lowest BCUT2D eigenvalue weighted by Crippen LogP contribution is -2.37. The van der Waals surface area contributed by atoms with Crippen LogP contribution in [0.5, 0.6) is 11.5 Å². The largest absolute Gasteiger partial charge is 0.493 e. The monoisotopic (exact) mass is 386 g/mol. The van der Waals surface area contributed by atoms with Crippen molar-refractivity contribution < 1.29 is 19.0 Å². The van der Waals surface area contributed by atoms with E-state index in [4.69, 9.17) is 14.2 Å². The second-order valence-electron chi connectivity index (χ2n) is 6.45. The third-order valence-corrected chi connectivity index (χ3v) is 4.54. The van der Waals surface area contributed by atoms with Crippen LogP contribution in [0.15, 0.2) is 24.3 Å². The molecule has 0 spiro atoms. The van der Waals surface area contributed by atoms with Crippen LogP contribution in [0.2, 0.25) is 0 Å². The third-order valence-electron chi connectivity index (χ3n) is 4.54. The molecule has 1 fully saturated rings. The van der Waals surface area contributed by atoms with Crippen LogP contribution in [0.25, 0.3) is 0 Å². The lowest BCUT2D eigenvalue weighted by molar-refractivity contribution is 0.0948. The van der Waals surface area contributed by atoms with Crippen LogP contribution in [0.1, 0.15) is 21.9 Å². The van der Waals surface area contributed by atoms with Gasteiger partial charge in [0.2, 0.25) is 0 Å². The molecule has 2 aromatic rings. The molecule has 1 saturated heterocycles. The summed E-state index contributed by atoms with van der Waals surface area (Å²) in [5.41, 5.74) is 1.42. The molecule has 1 aromatic heterocycles. The van der Waals surface area contributed by atoms with Gasteiger partial charge in [-0.05, 0) is 31.0 Å². The maximum absolute atomic E-state index is 12.6. The highest BCUT2D eigenvalue weighted by molar-refractivity contribution is 5.93. The minimum absolute atomic E-state index is 0.208. The Bertz CT molecular complexity index is 822. The molecule has 1 aliphatic rings. The number of aryl methyl sites for hydroxylation is 1. The summed E-state index contributed by atoms with van der Waals surface area (Å²) in [5, 5.41) is 2.93. The summed E-state index contributed by atoms with van der Waals surface area (Å²) in [5.74, 6) is 2.49. The Morgan fingerprint density at radius 1 is 1.14 bits per heavy atom. The summed E-state index contributed by atoms with van der Waals surface area (Å²) < 4.78 is 15.9. The number of carbonyl (C=O) groups is 1. The molecule has 1 aromatic carbocycles. The molecular formula is C20H26N4O4. The van der Waals surface area contributed by atoms with E-state index in [2.05, 4.69) is 20.2 Å². The average molecular weight is 386 g/mol. The molecule has 2 heterocycles. The van der Waals surface area contributed by atoms with Gasteiger partial charge in [0.05, 0.1) is 27.4 Å². The molecule has 0 bridgehead atoms. The summed E-state index contributed by atoms with van der Waals surface area (Å²) in [4.78, 5) is 23.4. The number of nitrogens with one attached hydrogen (secondary N) is 1. The van der Waals surface area contributed by atoms with E-state index < -0.39 is 0 Å². The summed E-state index contributed by atoms with van der Waals surface area (Å²) in [6, 6.07) is 7.47. The normalized spacial score (nSPS) is 13.9. The first-order chi connectivity index (χ1) is 13.6. The number of carbonyl (C=O) groups excluding carboxylic acids is 1. The van der Waals surface area contributed by atoms with E-state index >= 15 is 0 Å². The number of aromatic nitrogens is 2. The van der Waals surface area contributed by atoms with Crippen molar-refractivity contribution >= 4 is 11.7 Å². The van der Waals surface area contributed by atoms with E-state index in [9.17, 15) is 4.79 Å². The minimum atomic E-state index is -0.208. The highest BCUT2D eigenvalue weighted by atomic mass is 16.5. The molecule has 0 radical (unpaired) electrons. The van der Waals surface area contributed by atoms with Crippen LogP contribution in [0.4, 0.5) is 5.82 Å². The van der Waals surface area contributed by atoms with Gasteiger partial charge in [-0.3, -0.25) is 4.79 Å². The molecule has 1 N–H and O–H groups in total. The van der Waals surface area contributed by atoms with Gasteiger partial charge in [-0.2, -0.15) is 0 Å². The van der Waals surface area contributed by atoms with E-state index in [1.165, 1.54) is 0 Å². The quantitative estimate of drug-likeness (QED) is 0.774. The van der Waals surface area contributed by atoms with Crippen LogP contribution in [0.3, 0.4) is 0 Å². The van der Waals surface area contributed by atoms with Gasteiger partial charge in [0.15, 0.2) is 11.5 Å². The average Bonchev–Trinajstić information content (AvgIpc) is 2.73. The van der Waals surface area contributed by atoms with Crippen molar-refractivity contribution in [3.8, 4) is 11.5 Å². The van der Waals surface area contributed by atoms with Crippen LogP contribution < -0.4 is 19.7 Å². The smallest absolute Gasteiger partial charge is 0.270 e. The van der Waals surface area contributed by atoms with Gasteiger partial charge in [0.1, 0.15) is 17.3 Å². The van der Waals surface area contributed by atoms with E-state index in [1.54, 1.807) is 27.2 Å². The zero-order valence-corrected chi connectivity index (χ0v) is 16.5. The molecule has 1 aliphatic heterocycles. The molecule has 150 valence electrons. The highest BCUT2D eigenvalue weighted by Gasteiger charge is 2.16. The molecule has 0 atom stereocenters. The van der Waals surface area contributed by atoms with Gasteiger partial charge in [0, 0.05) is 25.7 Å². The molecule has 0 saturated carbocycles. The zero-order valence-electron chi connectivity index (χ0n) is 16.5. The number of hydrogen-bond donors (Lipinski definition) is 1. The first-order valence-corrected chi connectivity index (χ1v) is 9.28. The molecular weight excluding hydrogens is 360 g/mol. The van der Waals surface area contributed by atoms with Crippen LogP contribution in [-0.2, 0) is 11.2 Å². The van der Waals surface area contributed by atoms with Crippen molar-refractivity contribution in [1.29, 1.82) is 0 Å². The summed E-state index contributed by atoms with van der Waals surface area (Å²) in [6.45, 7) is 5.13. The fourth-order valence-electron chi connectivity index (χ4n) is 3.07. The van der Waals surface area contributed by atoms with Gasteiger partial charge in [-0.25, -0.2) is 9.97 Å². The van der Waals surface area contributed by atoms with Crippen molar-refractivity contribution in [1.82, 2.24) is 15.3 Å². The van der Waals surface area contributed by atoms with Gasteiger partial charge in [-0.1, -0.05) is 6.07 Å². The standard InChI is InChI=1S/C20H26N4O4/c1-14-22-16(13-19(23-14)24-8-10-28-11-9-24)20(25)21-7-6-15-4-5-17(26-2)18(12-15)27-3/h4-5,12-13H,6-11H2,1-3H3,(H,21,25). The number of benzene rings is 1. The number of morpholine rings is 1. The lowest BCUT2D eigenvalue weighted by Gasteiger charge is -2.28. The molecule has 1 amide bonds. The predicted molar refractivity (Wildman–Crippen MR) is 105 cm³/mol. The number of ether oxygens (including phenoxy) is 3. The molecule has 28 heavy (non-hydrogen) atoms. The first kappa shape index (κ1) is 19.9. The van der Waals surface area contributed by atoms with Crippen LogP contribution >= 0.6 is 0 Å². The fraction of sp³-hybridized carbons (Fsp3) is 0.450. The summed E-state index contributed by atoms with van der Waals surface area (Å²) >= 11 is 0. The lowest BCUT2D eigenvalue weighted by atomic mass is 10.1. The molecule has 0 unspecified atom stereocenters. The van der Waals surface area contributed by atoms with Gasteiger partial charge in [-0.15, -0.1) is 0 Å². The Morgan fingerprint density at radius 3 is 2.61 bits per heavy atom. The van der Waals surface area contributed by atoms with Crippen molar-refractivity contribution in [2.24, 2.45) is 0 Å². The SMILES string of the molecule is COc1ccc(CCNC(=O)c2cc(N3CCOCC3)nc(C)n2)cc1OC. The first-order valence-electron chi connectivity index (χ1n) is 9.28. The molecule has 8 nitrogen and oxygen atoms in total. The van der Waals surface area contributed by atoms with E-state index in [0.29, 0.717) is 49.2 Å². The number of anilines is 1. The van der Waals surface area contributed by atoms with Gasteiger partial charge >= 0.3 is 0 Å². The number of methoxy groups -OCH3 is 2. The van der Waals surface area contributed by atoms with Crippen LogP contribution in [0, 0.1) is 6.92 Å². The minimum Gasteiger partial charge on any atom is -0.493 e. The summed E-state index contributed by atoms with van der Waals surface area (Å²) in [6.07, 6.45) is 0.673. The number of hydrogen-bond acceptors (Lipinski definition) is 7. The van der Waals surface area contributed by atoms with Crippen molar-refractivity contribution in [2.75, 3.05) is 52.0 Å². The second-order valence-corrected chi connectivity index (χ2v) is 6.45. The van der Waals surface area contributed by atoms with E-state index in [0.717, 1.165) is 24.5 Å². The number of amides is 1. The zero-order chi connectivity index (χ0) is 19.9. The highest BCUT2D eigenvalue weighted by Crippen LogP contribution is 2.27.